The Morgan fingerprint density at radius 2 is 1.94 bits per heavy atom. The monoisotopic (exact) mass is 490 g/mol. The van der Waals surface area contributed by atoms with Crippen LogP contribution in [0.15, 0.2) is 40.4 Å². The molecule has 0 fully saturated rings. The van der Waals surface area contributed by atoms with Crippen molar-refractivity contribution in [1.29, 1.82) is 0 Å². The molecular formula is C22H30N6O5S. The number of carbonyl (C=O) groups excluding carboxylic acids is 1. The lowest BCUT2D eigenvalue weighted by atomic mass is 10.2. The minimum atomic E-state index is -3.72. The summed E-state index contributed by atoms with van der Waals surface area (Å²) < 4.78 is 35.8. The molecule has 0 radical (unpaired) electrons. The molecule has 1 amide bonds. The van der Waals surface area contributed by atoms with Crippen molar-refractivity contribution >= 4 is 32.7 Å². The molecule has 1 N–H and O–H groups in total. The van der Waals surface area contributed by atoms with E-state index in [1.54, 1.807) is 20.9 Å². The van der Waals surface area contributed by atoms with E-state index in [1.807, 2.05) is 13.8 Å². The second-order valence-electron chi connectivity index (χ2n) is 7.96. The molecule has 0 aliphatic rings. The number of nitrogens with zero attached hydrogens (tertiary/aromatic N) is 5. The fraction of sp³-hybridized carbons (Fsp3) is 0.455. The van der Waals surface area contributed by atoms with Crippen LogP contribution in [-0.2, 0) is 28.4 Å². The van der Waals surface area contributed by atoms with Crippen LogP contribution in [-0.4, -0.2) is 57.2 Å². The summed E-state index contributed by atoms with van der Waals surface area (Å²) in [5.41, 5.74) is 0.426. The molecule has 1 aromatic carbocycles. The summed E-state index contributed by atoms with van der Waals surface area (Å²) in [5.74, 6) is -0.0402. The molecule has 0 aliphatic carbocycles. The van der Waals surface area contributed by atoms with Gasteiger partial charge >= 0.3 is 0 Å². The number of amides is 1. The fourth-order valence-electron chi connectivity index (χ4n) is 3.50. The van der Waals surface area contributed by atoms with E-state index in [-0.39, 0.29) is 35.2 Å². The lowest BCUT2D eigenvalue weighted by Gasteiger charge is -2.20. The van der Waals surface area contributed by atoms with Gasteiger partial charge in [-0.15, -0.1) is 0 Å². The number of hydrogen-bond donors (Lipinski definition) is 1. The number of aryl methyl sites for hydroxylation is 2. The molecule has 11 nitrogen and oxygen atoms in total. The molecule has 0 unspecified atom stereocenters. The zero-order valence-electron chi connectivity index (χ0n) is 20.0. The number of anilines is 1. The molecular weight excluding hydrogens is 460 g/mol. The van der Waals surface area contributed by atoms with Gasteiger partial charge in [0, 0.05) is 33.1 Å². The number of hydrogen-bond acceptors (Lipinski definition) is 7. The zero-order chi connectivity index (χ0) is 25.0. The summed E-state index contributed by atoms with van der Waals surface area (Å²) in [6, 6.07) is 4.41. The first-order chi connectivity index (χ1) is 16.1. The molecule has 0 atom stereocenters. The average molecular weight is 491 g/mol. The second kappa shape index (κ2) is 10.3. The highest BCUT2D eigenvalue weighted by atomic mass is 32.2. The first kappa shape index (κ1) is 25.4. The Morgan fingerprint density at radius 3 is 2.59 bits per heavy atom. The van der Waals surface area contributed by atoms with E-state index in [4.69, 9.17) is 4.74 Å². The third-order valence-corrected chi connectivity index (χ3v) is 7.27. The van der Waals surface area contributed by atoms with Crippen molar-refractivity contribution in [3.8, 4) is 5.75 Å². The molecule has 184 valence electrons. The quantitative estimate of drug-likeness (QED) is 0.460. The zero-order valence-corrected chi connectivity index (χ0v) is 20.8. The van der Waals surface area contributed by atoms with Crippen LogP contribution in [0.3, 0.4) is 0 Å². The Balaban J connectivity index is 1.83. The van der Waals surface area contributed by atoms with Crippen LogP contribution < -0.4 is 15.6 Å². The van der Waals surface area contributed by atoms with E-state index < -0.39 is 15.9 Å². The summed E-state index contributed by atoms with van der Waals surface area (Å²) in [5, 5.41) is 7.13. The van der Waals surface area contributed by atoms with Crippen molar-refractivity contribution in [3.63, 3.8) is 0 Å². The van der Waals surface area contributed by atoms with Gasteiger partial charge < -0.3 is 10.1 Å². The van der Waals surface area contributed by atoms with E-state index in [0.29, 0.717) is 29.9 Å². The standard InChI is InChI=1S/C22H30N6O5S/c1-6-28(7-2)34(31,32)16-8-9-19(33-15(3)4)18(12-16)25-20(29)10-11-27-14-23-21-17(22(27)30)13-24-26(21)5/h8-9,12-15H,6-7,10-11H2,1-5H3,(H,25,29). The fourth-order valence-corrected chi connectivity index (χ4v) is 4.98. The van der Waals surface area contributed by atoms with Gasteiger partial charge in [0.1, 0.15) is 11.1 Å². The highest BCUT2D eigenvalue weighted by Gasteiger charge is 2.23. The van der Waals surface area contributed by atoms with Gasteiger partial charge in [-0.25, -0.2) is 13.4 Å². The first-order valence-electron chi connectivity index (χ1n) is 11.1. The van der Waals surface area contributed by atoms with Gasteiger partial charge in [0.05, 0.1) is 29.2 Å². The Kier molecular flexibility index (Phi) is 7.72. The SMILES string of the molecule is CCN(CC)S(=O)(=O)c1ccc(OC(C)C)c(NC(=O)CCn2cnc3c(cnn3C)c2=O)c1. The number of aromatic nitrogens is 4. The van der Waals surface area contributed by atoms with Gasteiger partial charge in [-0.3, -0.25) is 18.8 Å². The molecule has 0 saturated carbocycles. The topological polar surface area (TPSA) is 128 Å². The van der Waals surface area contributed by atoms with Crippen molar-refractivity contribution in [2.24, 2.45) is 7.05 Å². The molecule has 12 heteroatoms. The van der Waals surface area contributed by atoms with E-state index in [2.05, 4.69) is 15.4 Å². The second-order valence-corrected chi connectivity index (χ2v) is 9.90. The average Bonchev–Trinajstić information content (AvgIpc) is 3.16. The van der Waals surface area contributed by atoms with Gasteiger partial charge in [0.15, 0.2) is 5.65 Å². The highest BCUT2D eigenvalue weighted by molar-refractivity contribution is 7.89. The van der Waals surface area contributed by atoms with Crippen LogP contribution >= 0.6 is 0 Å². The minimum absolute atomic E-state index is 0.0263. The number of fused-ring (bicyclic) bond motifs is 1. The Hall–Kier alpha value is -3.25. The third kappa shape index (κ3) is 5.28. The predicted molar refractivity (Wildman–Crippen MR) is 128 cm³/mol. The maximum absolute atomic E-state index is 12.9. The molecule has 3 aromatic rings. The predicted octanol–water partition coefficient (Wildman–Crippen LogP) is 1.98. The number of rotatable bonds is 10. The normalized spacial score (nSPS) is 12.0. The van der Waals surface area contributed by atoms with Crippen LogP contribution in [0.5, 0.6) is 5.75 Å². The van der Waals surface area contributed by atoms with E-state index >= 15 is 0 Å². The van der Waals surface area contributed by atoms with Crippen LogP contribution in [0.1, 0.15) is 34.1 Å². The molecule has 2 aromatic heterocycles. The molecule has 3 rings (SSSR count). The van der Waals surface area contributed by atoms with Crippen LogP contribution in [0.25, 0.3) is 11.0 Å². The number of nitrogens with one attached hydrogen (secondary N) is 1. The van der Waals surface area contributed by atoms with Crippen molar-refractivity contribution in [2.45, 2.75) is 51.7 Å². The Labute approximate surface area is 198 Å². The molecule has 0 bridgehead atoms. The summed E-state index contributed by atoms with van der Waals surface area (Å²) in [6.45, 7) is 7.95. The maximum atomic E-state index is 12.9. The molecule has 0 aliphatic heterocycles. The van der Waals surface area contributed by atoms with Gasteiger partial charge in [0.2, 0.25) is 15.9 Å². The van der Waals surface area contributed by atoms with Gasteiger partial charge in [-0.1, -0.05) is 13.8 Å². The van der Waals surface area contributed by atoms with Crippen molar-refractivity contribution in [3.05, 3.63) is 41.1 Å². The number of sulfonamides is 1. The Morgan fingerprint density at radius 1 is 1.24 bits per heavy atom. The Bertz CT molecular complexity index is 1340. The number of carbonyl (C=O) groups is 1. The van der Waals surface area contributed by atoms with Crippen molar-refractivity contribution < 1.29 is 17.9 Å². The lowest BCUT2D eigenvalue weighted by molar-refractivity contribution is -0.116. The molecule has 34 heavy (non-hydrogen) atoms. The van der Waals surface area contributed by atoms with Crippen LogP contribution in [0.2, 0.25) is 0 Å². The van der Waals surface area contributed by atoms with Crippen molar-refractivity contribution in [2.75, 3.05) is 18.4 Å². The van der Waals surface area contributed by atoms with E-state index in [1.165, 1.54) is 44.3 Å². The van der Waals surface area contributed by atoms with E-state index in [9.17, 15) is 18.0 Å². The van der Waals surface area contributed by atoms with Gasteiger partial charge in [0.25, 0.3) is 5.56 Å². The number of benzene rings is 1. The van der Waals surface area contributed by atoms with E-state index in [0.717, 1.165) is 0 Å². The molecule has 0 spiro atoms. The third-order valence-electron chi connectivity index (χ3n) is 5.23. The first-order valence-corrected chi connectivity index (χ1v) is 12.5. The molecule has 2 heterocycles. The minimum Gasteiger partial charge on any atom is -0.489 e. The van der Waals surface area contributed by atoms with Gasteiger partial charge in [-0.05, 0) is 32.0 Å². The van der Waals surface area contributed by atoms with Crippen LogP contribution in [0.4, 0.5) is 5.69 Å². The summed E-state index contributed by atoms with van der Waals surface area (Å²) in [4.78, 5) is 29.6. The van der Waals surface area contributed by atoms with Crippen molar-refractivity contribution in [1.82, 2.24) is 23.6 Å². The number of ether oxygens (including phenoxy) is 1. The summed E-state index contributed by atoms with van der Waals surface area (Å²) >= 11 is 0. The molecule has 0 saturated heterocycles. The summed E-state index contributed by atoms with van der Waals surface area (Å²) in [7, 11) is -2.03. The lowest BCUT2D eigenvalue weighted by Crippen LogP contribution is -2.30. The largest absolute Gasteiger partial charge is 0.489 e. The highest BCUT2D eigenvalue weighted by Crippen LogP contribution is 2.30. The summed E-state index contributed by atoms with van der Waals surface area (Å²) in [6.07, 6.45) is 2.61. The maximum Gasteiger partial charge on any atom is 0.264 e. The van der Waals surface area contributed by atoms with Crippen LogP contribution in [0, 0.1) is 0 Å². The smallest absolute Gasteiger partial charge is 0.264 e. The van der Waals surface area contributed by atoms with Gasteiger partial charge in [-0.2, -0.15) is 9.40 Å².